The van der Waals surface area contributed by atoms with Crippen LogP contribution in [0.5, 0.6) is 0 Å². The van der Waals surface area contributed by atoms with Crippen LogP contribution in [0.15, 0.2) is 12.1 Å². The predicted molar refractivity (Wildman–Crippen MR) is 76.1 cm³/mol. The molecule has 2 nitrogen and oxygen atoms in total. The second-order valence-corrected chi connectivity index (χ2v) is 5.60. The molecule has 1 saturated heterocycles. The highest BCUT2D eigenvalue weighted by atomic mass is 16.5. The van der Waals surface area contributed by atoms with Crippen LogP contribution in [0.1, 0.15) is 28.7 Å². The van der Waals surface area contributed by atoms with Crippen LogP contribution in [0.4, 0.5) is 0 Å². The third kappa shape index (κ3) is 2.93. The lowest BCUT2D eigenvalue weighted by Gasteiger charge is -2.24. The Morgan fingerprint density at radius 2 is 1.94 bits per heavy atom. The van der Waals surface area contributed by atoms with E-state index >= 15 is 0 Å². The first-order valence-corrected chi connectivity index (χ1v) is 6.93. The van der Waals surface area contributed by atoms with Gasteiger partial charge in [0.15, 0.2) is 0 Å². The summed E-state index contributed by atoms with van der Waals surface area (Å²) in [5.74, 6) is 0.662. The van der Waals surface area contributed by atoms with Crippen molar-refractivity contribution in [2.24, 2.45) is 5.92 Å². The van der Waals surface area contributed by atoms with E-state index in [-0.39, 0.29) is 0 Å². The van der Waals surface area contributed by atoms with Gasteiger partial charge < -0.3 is 10.1 Å². The van der Waals surface area contributed by atoms with Gasteiger partial charge in [0.2, 0.25) is 0 Å². The molecule has 2 rings (SSSR count). The smallest absolute Gasteiger partial charge is 0.0510 e. The fourth-order valence-corrected chi connectivity index (χ4v) is 3.13. The zero-order valence-corrected chi connectivity index (χ0v) is 12.0. The van der Waals surface area contributed by atoms with E-state index < -0.39 is 0 Å². The average molecular weight is 247 g/mol. The lowest BCUT2D eigenvalue weighted by molar-refractivity contribution is 0.177. The monoisotopic (exact) mass is 247 g/mol. The molecule has 1 aliphatic rings. The van der Waals surface area contributed by atoms with Crippen LogP contribution in [0.2, 0.25) is 0 Å². The molecule has 2 heteroatoms. The van der Waals surface area contributed by atoms with Crippen molar-refractivity contribution in [3.8, 4) is 0 Å². The largest absolute Gasteiger partial charge is 0.381 e. The summed E-state index contributed by atoms with van der Waals surface area (Å²) < 4.78 is 5.52. The van der Waals surface area contributed by atoms with Gasteiger partial charge in [-0.25, -0.2) is 0 Å². The maximum Gasteiger partial charge on any atom is 0.0510 e. The number of hydrogen-bond acceptors (Lipinski definition) is 2. The van der Waals surface area contributed by atoms with Crippen LogP contribution in [-0.4, -0.2) is 26.3 Å². The molecule has 18 heavy (non-hydrogen) atoms. The van der Waals surface area contributed by atoms with Gasteiger partial charge in [-0.15, -0.1) is 0 Å². The minimum Gasteiger partial charge on any atom is -0.381 e. The van der Waals surface area contributed by atoms with Crippen LogP contribution in [-0.2, 0) is 11.2 Å². The Morgan fingerprint density at radius 3 is 2.44 bits per heavy atom. The van der Waals surface area contributed by atoms with Gasteiger partial charge >= 0.3 is 0 Å². The molecule has 1 fully saturated rings. The third-order valence-corrected chi connectivity index (χ3v) is 4.17. The van der Waals surface area contributed by atoms with E-state index in [0.717, 1.165) is 19.6 Å². The van der Waals surface area contributed by atoms with Crippen molar-refractivity contribution in [3.05, 3.63) is 34.4 Å². The van der Waals surface area contributed by atoms with E-state index in [1.807, 2.05) is 0 Å². The Morgan fingerprint density at radius 1 is 1.28 bits per heavy atom. The molecular formula is C16H25NO. The number of ether oxygens (including phenoxy) is 1. The summed E-state index contributed by atoms with van der Waals surface area (Å²) in [5.41, 5.74) is 5.71. The van der Waals surface area contributed by atoms with E-state index in [0.29, 0.717) is 12.0 Å². The number of nitrogens with one attached hydrogen (secondary N) is 1. The van der Waals surface area contributed by atoms with Crippen molar-refractivity contribution in [1.82, 2.24) is 5.32 Å². The molecule has 0 amide bonds. The minimum atomic E-state index is 0.535. The van der Waals surface area contributed by atoms with Gasteiger partial charge in [-0.05, 0) is 57.4 Å². The number of hydrogen-bond donors (Lipinski definition) is 1. The first-order chi connectivity index (χ1) is 8.61. The molecular weight excluding hydrogens is 222 g/mol. The van der Waals surface area contributed by atoms with Gasteiger partial charge in [-0.2, -0.15) is 0 Å². The number of aryl methyl sites for hydroxylation is 3. The Labute approximate surface area is 111 Å². The van der Waals surface area contributed by atoms with E-state index in [4.69, 9.17) is 4.74 Å². The van der Waals surface area contributed by atoms with Gasteiger partial charge in [-0.3, -0.25) is 0 Å². The number of benzene rings is 1. The Hall–Kier alpha value is -0.860. The van der Waals surface area contributed by atoms with Crippen LogP contribution < -0.4 is 5.32 Å². The number of likely N-dealkylation sites (N-methyl/N-ethyl adjacent to an activating group) is 1. The molecule has 0 spiro atoms. The lowest BCUT2D eigenvalue weighted by Crippen LogP contribution is -2.36. The summed E-state index contributed by atoms with van der Waals surface area (Å²) >= 11 is 0. The van der Waals surface area contributed by atoms with Crippen molar-refractivity contribution in [2.75, 3.05) is 20.3 Å². The van der Waals surface area contributed by atoms with E-state index in [2.05, 4.69) is 45.3 Å². The summed E-state index contributed by atoms with van der Waals surface area (Å²) in [5, 5.41) is 3.48. The molecule has 0 saturated carbocycles. The zero-order chi connectivity index (χ0) is 13.1. The molecule has 1 aliphatic heterocycles. The van der Waals surface area contributed by atoms with Crippen molar-refractivity contribution in [1.29, 1.82) is 0 Å². The molecule has 1 N–H and O–H groups in total. The van der Waals surface area contributed by atoms with Crippen molar-refractivity contribution in [2.45, 2.75) is 39.7 Å². The maximum absolute atomic E-state index is 5.52. The van der Waals surface area contributed by atoms with Gasteiger partial charge in [0.25, 0.3) is 0 Å². The normalized spacial score (nSPS) is 21.2. The Balaban J connectivity index is 2.16. The van der Waals surface area contributed by atoms with Crippen molar-refractivity contribution in [3.63, 3.8) is 0 Å². The lowest BCUT2D eigenvalue weighted by atomic mass is 9.88. The second kappa shape index (κ2) is 5.85. The highest BCUT2D eigenvalue weighted by Gasteiger charge is 2.25. The zero-order valence-electron chi connectivity index (χ0n) is 12.0. The first-order valence-electron chi connectivity index (χ1n) is 6.93. The molecule has 2 atom stereocenters. The summed E-state index contributed by atoms with van der Waals surface area (Å²) in [6.07, 6.45) is 2.30. The third-order valence-electron chi connectivity index (χ3n) is 4.17. The van der Waals surface area contributed by atoms with Crippen LogP contribution >= 0.6 is 0 Å². The summed E-state index contributed by atoms with van der Waals surface area (Å²) in [6, 6.07) is 5.12. The topological polar surface area (TPSA) is 21.3 Å². The first kappa shape index (κ1) is 13.6. The van der Waals surface area contributed by atoms with Gasteiger partial charge in [0, 0.05) is 18.6 Å². The fourth-order valence-electron chi connectivity index (χ4n) is 3.13. The minimum absolute atomic E-state index is 0.535. The Kier molecular flexibility index (Phi) is 4.41. The van der Waals surface area contributed by atoms with E-state index in [1.54, 1.807) is 0 Å². The predicted octanol–water partition coefficient (Wildman–Crippen LogP) is 2.78. The van der Waals surface area contributed by atoms with Crippen molar-refractivity contribution < 1.29 is 4.74 Å². The van der Waals surface area contributed by atoms with E-state index in [9.17, 15) is 0 Å². The molecule has 100 valence electrons. The molecule has 0 radical (unpaired) electrons. The van der Waals surface area contributed by atoms with Gasteiger partial charge in [0.05, 0.1) is 6.61 Å². The standard InChI is InChI=1S/C16H25NO/c1-11-7-12(2)15(13(3)8-11)9-16(17-4)14-5-6-18-10-14/h7-8,14,16-17H,5-6,9-10H2,1-4H3. The van der Waals surface area contributed by atoms with Crippen molar-refractivity contribution >= 4 is 0 Å². The molecule has 1 heterocycles. The summed E-state index contributed by atoms with van der Waals surface area (Å²) in [7, 11) is 2.07. The SMILES string of the molecule is CNC(Cc1c(C)cc(C)cc1C)C1CCOC1. The number of rotatable bonds is 4. The fraction of sp³-hybridized carbons (Fsp3) is 0.625. The molecule has 0 aliphatic carbocycles. The summed E-state index contributed by atoms with van der Waals surface area (Å²) in [4.78, 5) is 0. The quantitative estimate of drug-likeness (QED) is 0.883. The second-order valence-electron chi connectivity index (χ2n) is 5.60. The van der Waals surface area contributed by atoms with Crippen LogP contribution in [0.3, 0.4) is 0 Å². The van der Waals surface area contributed by atoms with Crippen LogP contribution in [0.25, 0.3) is 0 Å². The van der Waals surface area contributed by atoms with Crippen LogP contribution in [0, 0.1) is 26.7 Å². The Bertz CT molecular complexity index is 385. The van der Waals surface area contributed by atoms with E-state index in [1.165, 1.54) is 28.7 Å². The highest BCUT2D eigenvalue weighted by Crippen LogP contribution is 2.23. The molecule has 2 unspecified atom stereocenters. The summed E-state index contributed by atoms with van der Waals surface area (Å²) in [6.45, 7) is 8.47. The molecule has 1 aromatic rings. The maximum atomic E-state index is 5.52. The average Bonchev–Trinajstić information content (AvgIpc) is 2.81. The molecule has 0 aromatic heterocycles. The molecule has 1 aromatic carbocycles. The molecule has 0 bridgehead atoms. The van der Waals surface area contributed by atoms with Gasteiger partial charge in [0.1, 0.15) is 0 Å². The van der Waals surface area contributed by atoms with Gasteiger partial charge in [-0.1, -0.05) is 17.7 Å². The highest BCUT2D eigenvalue weighted by molar-refractivity contribution is 5.38.